The maximum absolute atomic E-state index is 12.8. The Kier molecular flexibility index (Phi) is 7.66. The highest BCUT2D eigenvalue weighted by atomic mass is 32.2. The van der Waals surface area contributed by atoms with Gasteiger partial charge in [0.2, 0.25) is 0 Å². The zero-order chi connectivity index (χ0) is 23.9. The first-order chi connectivity index (χ1) is 16.5. The lowest BCUT2D eigenvalue weighted by atomic mass is 10.2. The van der Waals surface area contributed by atoms with E-state index in [1.807, 2.05) is 30.3 Å². The highest BCUT2D eigenvalue weighted by Crippen LogP contribution is 2.35. The number of benzene rings is 2. The van der Waals surface area contributed by atoms with Gasteiger partial charge in [0, 0.05) is 6.54 Å². The lowest BCUT2D eigenvalue weighted by Crippen LogP contribution is -2.28. The summed E-state index contributed by atoms with van der Waals surface area (Å²) in [7, 11) is 1.52. The van der Waals surface area contributed by atoms with E-state index in [-0.39, 0.29) is 25.0 Å². The molecule has 0 unspecified atom stereocenters. The Hall–Kier alpha value is -3.56. The van der Waals surface area contributed by atoms with Crippen molar-refractivity contribution in [3.63, 3.8) is 0 Å². The summed E-state index contributed by atoms with van der Waals surface area (Å²) in [6.07, 6.45) is 3.31. The second-order valence-electron chi connectivity index (χ2n) is 7.31. The smallest absolute Gasteiger partial charge is 0.266 e. The summed E-state index contributed by atoms with van der Waals surface area (Å²) in [5.74, 6) is 1.13. The van der Waals surface area contributed by atoms with Crippen LogP contribution in [0.25, 0.3) is 6.08 Å². The number of carbonyl (C=O) groups is 2. The SMILES string of the molecule is COc1cc(C=C2SC(=S)N(Cc3ccco3)C2=O)ccc1OCC(=O)NCc1ccccc1. The van der Waals surface area contributed by atoms with Gasteiger partial charge in [0.05, 0.1) is 24.8 Å². The molecule has 9 heteroatoms. The molecule has 0 bridgehead atoms. The van der Waals surface area contributed by atoms with Crippen molar-refractivity contribution in [2.24, 2.45) is 0 Å². The molecule has 0 saturated carbocycles. The van der Waals surface area contributed by atoms with Crippen LogP contribution < -0.4 is 14.8 Å². The van der Waals surface area contributed by atoms with Crippen molar-refractivity contribution in [2.75, 3.05) is 13.7 Å². The third-order valence-corrected chi connectivity index (χ3v) is 6.32. The Bertz CT molecular complexity index is 1210. The van der Waals surface area contributed by atoms with Crippen LogP contribution in [0.3, 0.4) is 0 Å². The van der Waals surface area contributed by atoms with Crippen LogP contribution in [0, 0.1) is 0 Å². The number of furan rings is 1. The van der Waals surface area contributed by atoms with Crippen LogP contribution in [0.5, 0.6) is 11.5 Å². The Balaban J connectivity index is 1.38. The molecule has 0 atom stereocenters. The first kappa shape index (κ1) is 23.6. The van der Waals surface area contributed by atoms with E-state index in [1.54, 1.807) is 42.7 Å². The van der Waals surface area contributed by atoms with Crippen LogP contribution in [0.1, 0.15) is 16.9 Å². The van der Waals surface area contributed by atoms with Crippen LogP contribution in [0.4, 0.5) is 0 Å². The predicted octanol–water partition coefficient (Wildman–Crippen LogP) is 4.38. The van der Waals surface area contributed by atoms with Gasteiger partial charge in [0.25, 0.3) is 11.8 Å². The van der Waals surface area contributed by atoms with Crippen LogP contribution in [-0.2, 0) is 22.7 Å². The summed E-state index contributed by atoms with van der Waals surface area (Å²) in [4.78, 5) is 27.0. The Morgan fingerprint density at radius 3 is 2.71 bits per heavy atom. The summed E-state index contributed by atoms with van der Waals surface area (Å²) in [6.45, 7) is 0.572. The number of methoxy groups -OCH3 is 1. The second kappa shape index (κ2) is 11.0. The van der Waals surface area contributed by atoms with Crippen molar-refractivity contribution in [1.29, 1.82) is 0 Å². The molecule has 0 aliphatic carbocycles. The third-order valence-electron chi connectivity index (χ3n) is 4.94. The van der Waals surface area contributed by atoms with Crippen LogP contribution in [0.2, 0.25) is 0 Å². The van der Waals surface area contributed by atoms with E-state index in [4.69, 9.17) is 26.1 Å². The van der Waals surface area contributed by atoms with Gasteiger partial charge in [-0.1, -0.05) is 60.4 Å². The first-order valence-electron chi connectivity index (χ1n) is 10.4. The summed E-state index contributed by atoms with van der Waals surface area (Å²) in [5, 5.41) is 2.82. The molecule has 174 valence electrons. The Morgan fingerprint density at radius 2 is 1.97 bits per heavy atom. The van der Waals surface area contributed by atoms with Gasteiger partial charge in [0.1, 0.15) is 10.1 Å². The number of hydrogen-bond donors (Lipinski definition) is 1. The van der Waals surface area contributed by atoms with Crippen molar-refractivity contribution in [3.05, 3.63) is 88.7 Å². The number of nitrogens with zero attached hydrogens (tertiary/aromatic N) is 1. The number of nitrogens with one attached hydrogen (secondary N) is 1. The average Bonchev–Trinajstić information content (AvgIpc) is 3.46. The molecule has 2 aromatic carbocycles. The molecule has 2 heterocycles. The number of carbonyl (C=O) groups excluding carboxylic acids is 2. The average molecular weight is 495 g/mol. The van der Waals surface area contributed by atoms with Gasteiger partial charge in [0.15, 0.2) is 18.1 Å². The molecular weight excluding hydrogens is 472 g/mol. The lowest BCUT2D eigenvalue weighted by molar-refractivity contribution is -0.123. The maximum Gasteiger partial charge on any atom is 0.266 e. The molecule has 0 radical (unpaired) electrons. The molecule has 1 saturated heterocycles. The normalized spacial score (nSPS) is 14.5. The minimum absolute atomic E-state index is 0.145. The van der Waals surface area contributed by atoms with Crippen molar-refractivity contribution in [2.45, 2.75) is 13.1 Å². The molecule has 1 fully saturated rings. The Morgan fingerprint density at radius 1 is 1.15 bits per heavy atom. The topological polar surface area (TPSA) is 81.0 Å². The predicted molar refractivity (Wildman–Crippen MR) is 134 cm³/mol. The van der Waals surface area contributed by atoms with Gasteiger partial charge in [-0.3, -0.25) is 14.5 Å². The molecule has 34 heavy (non-hydrogen) atoms. The highest BCUT2D eigenvalue weighted by molar-refractivity contribution is 8.26. The summed E-state index contributed by atoms with van der Waals surface area (Å²) < 4.78 is 16.9. The van der Waals surface area contributed by atoms with Crippen LogP contribution in [0.15, 0.2) is 76.2 Å². The van der Waals surface area contributed by atoms with Gasteiger partial charge in [-0.15, -0.1) is 0 Å². The van der Waals surface area contributed by atoms with Gasteiger partial charge in [-0.25, -0.2) is 0 Å². The van der Waals surface area contributed by atoms with Crippen molar-refractivity contribution in [1.82, 2.24) is 10.2 Å². The molecule has 0 spiro atoms. The van der Waals surface area contributed by atoms with E-state index in [2.05, 4.69) is 5.32 Å². The summed E-state index contributed by atoms with van der Waals surface area (Å²) in [6, 6.07) is 18.4. The zero-order valence-electron chi connectivity index (χ0n) is 18.4. The molecule has 7 nitrogen and oxygen atoms in total. The van der Waals surface area contributed by atoms with Crippen molar-refractivity contribution >= 4 is 46.2 Å². The lowest BCUT2D eigenvalue weighted by Gasteiger charge is -2.12. The summed E-state index contributed by atoms with van der Waals surface area (Å²) >= 11 is 6.60. The van der Waals surface area contributed by atoms with Crippen LogP contribution >= 0.6 is 24.0 Å². The van der Waals surface area contributed by atoms with E-state index in [9.17, 15) is 9.59 Å². The van der Waals surface area contributed by atoms with E-state index in [1.165, 1.54) is 23.8 Å². The monoisotopic (exact) mass is 494 g/mol. The van der Waals surface area contributed by atoms with Gasteiger partial charge >= 0.3 is 0 Å². The fourth-order valence-electron chi connectivity index (χ4n) is 3.23. The summed E-state index contributed by atoms with van der Waals surface area (Å²) in [5.41, 5.74) is 1.75. The molecule has 1 N–H and O–H groups in total. The van der Waals surface area contributed by atoms with E-state index < -0.39 is 0 Å². The maximum atomic E-state index is 12.8. The quantitative estimate of drug-likeness (QED) is 0.349. The number of ether oxygens (including phenoxy) is 2. The van der Waals surface area contributed by atoms with Crippen LogP contribution in [-0.4, -0.2) is 34.8 Å². The molecule has 2 amide bonds. The molecular formula is C25H22N2O5S2. The largest absolute Gasteiger partial charge is 0.493 e. The molecule has 1 aromatic heterocycles. The second-order valence-corrected chi connectivity index (χ2v) is 8.98. The molecule has 4 rings (SSSR count). The Labute approximate surface area is 206 Å². The zero-order valence-corrected chi connectivity index (χ0v) is 20.0. The first-order valence-corrected chi connectivity index (χ1v) is 11.6. The number of thioether (sulfide) groups is 1. The van der Waals surface area contributed by atoms with E-state index in [0.29, 0.717) is 33.0 Å². The molecule has 1 aliphatic rings. The van der Waals surface area contributed by atoms with Crippen molar-refractivity contribution in [3.8, 4) is 11.5 Å². The molecule has 3 aromatic rings. The number of hydrogen-bond acceptors (Lipinski definition) is 7. The minimum Gasteiger partial charge on any atom is -0.493 e. The van der Waals surface area contributed by atoms with E-state index in [0.717, 1.165) is 11.1 Å². The minimum atomic E-state index is -0.241. The number of rotatable bonds is 9. The fourth-order valence-corrected chi connectivity index (χ4v) is 4.49. The molecule has 1 aliphatic heterocycles. The van der Waals surface area contributed by atoms with E-state index >= 15 is 0 Å². The third kappa shape index (κ3) is 5.86. The van der Waals surface area contributed by atoms with Gasteiger partial charge in [-0.05, 0) is 41.5 Å². The van der Waals surface area contributed by atoms with Gasteiger partial charge in [-0.2, -0.15) is 0 Å². The highest BCUT2D eigenvalue weighted by Gasteiger charge is 2.32. The standard InChI is InChI=1S/C25H22N2O5S2/c1-30-21-12-18(13-22-24(29)27(25(33)34-22)15-19-8-5-11-31-19)9-10-20(21)32-16-23(28)26-14-17-6-3-2-4-7-17/h2-13H,14-16H2,1H3,(H,26,28). The van der Waals surface area contributed by atoms with Crippen molar-refractivity contribution < 1.29 is 23.5 Å². The number of thiocarbonyl (C=S) groups is 1. The fraction of sp³-hybridized carbons (Fsp3) is 0.160. The number of amides is 2. The van der Waals surface area contributed by atoms with Gasteiger partial charge < -0.3 is 19.2 Å².